The Morgan fingerprint density at radius 3 is 2.16 bits per heavy atom. The molecule has 9 heteroatoms. The van der Waals surface area contributed by atoms with Crippen LogP contribution in [0.1, 0.15) is 10.4 Å². The first-order chi connectivity index (χ1) is 11.7. The van der Waals surface area contributed by atoms with E-state index in [0.717, 1.165) is 0 Å². The molecule has 2 aromatic carbocycles. The molecule has 0 saturated carbocycles. The second-order valence-corrected chi connectivity index (χ2v) is 6.74. The van der Waals surface area contributed by atoms with Crippen LogP contribution in [0, 0.1) is 0 Å². The lowest BCUT2D eigenvalue weighted by Crippen LogP contribution is -2.45. The van der Waals surface area contributed by atoms with Crippen molar-refractivity contribution in [1.29, 1.82) is 0 Å². The number of carbonyl (C=O) groups excluding carboxylic acids is 1. The molecule has 0 saturated heterocycles. The molecule has 0 aliphatic heterocycles. The highest BCUT2D eigenvalue weighted by Gasteiger charge is 2.27. The van der Waals surface area contributed by atoms with E-state index in [-0.39, 0.29) is 5.56 Å². The van der Waals surface area contributed by atoms with Crippen molar-refractivity contribution in [3.05, 3.63) is 54.1 Å². The van der Waals surface area contributed by atoms with E-state index < -0.39 is 33.8 Å². The van der Waals surface area contributed by atoms with Gasteiger partial charge in [0.05, 0.1) is 0 Å². The summed E-state index contributed by atoms with van der Waals surface area (Å²) < 4.78 is 30.7. The summed E-state index contributed by atoms with van der Waals surface area (Å²) in [4.78, 5) is 23.6. The minimum absolute atomic E-state index is 0.127. The third kappa shape index (κ3) is 4.78. The molecule has 0 spiro atoms. The summed E-state index contributed by atoms with van der Waals surface area (Å²) in [5.41, 5.74) is 7.51. The number of hydrogen-bond acceptors (Lipinski definition) is 5. The van der Waals surface area contributed by atoms with Crippen LogP contribution in [-0.4, -0.2) is 41.7 Å². The van der Waals surface area contributed by atoms with Crippen molar-refractivity contribution in [3.63, 3.8) is 0 Å². The fraction of sp³-hybridized carbons (Fsp3) is 0.125. The summed E-state index contributed by atoms with van der Waals surface area (Å²) in [7, 11) is -4.58. The summed E-state index contributed by atoms with van der Waals surface area (Å²) in [5.74, 6) is -3.51. The van der Waals surface area contributed by atoms with Crippen molar-refractivity contribution in [3.8, 4) is 11.1 Å². The highest BCUT2D eigenvalue weighted by Crippen LogP contribution is 2.28. The van der Waals surface area contributed by atoms with Crippen molar-refractivity contribution in [1.82, 2.24) is 5.32 Å². The van der Waals surface area contributed by atoms with Gasteiger partial charge in [-0.1, -0.05) is 36.4 Å². The van der Waals surface area contributed by atoms with Gasteiger partial charge in [-0.05, 0) is 17.7 Å². The largest absolute Gasteiger partial charge is 0.480 e. The van der Waals surface area contributed by atoms with Crippen molar-refractivity contribution in [2.45, 2.75) is 6.04 Å². The average Bonchev–Trinajstić information content (AvgIpc) is 2.53. The fourth-order valence-corrected chi connectivity index (χ4v) is 2.93. The third-order valence-electron chi connectivity index (χ3n) is 3.40. The van der Waals surface area contributed by atoms with Gasteiger partial charge in [0.1, 0.15) is 11.8 Å². The second-order valence-electron chi connectivity index (χ2n) is 5.25. The third-order valence-corrected chi connectivity index (χ3v) is 4.16. The number of nitrogens with one attached hydrogen (secondary N) is 1. The molecular formula is C16H16N2O6S. The molecule has 0 fully saturated rings. The Labute approximate surface area is 144 Å². The van der Waals surface area contributed by atoms with E-state index in [1.165, 1.54) is 6.07 Å². The Morgan fingerprint density at radius 1 is 1.04 bits per heavy atom. The van der Waals surface area contributed by atoms with E-state index in [1.807, 2.05) is 0 Å². The van der Waals surface area contributed by atoms with Crippen LogP contribution in [0.5, 0.6) is 0 Å². The quantitative estimate of drug-likeness (QED) is 0.442. The first kappa shape index (κ1) is 18.4. The first-order valence-corrected chi connectivity index (χ1v) is 8.72. The van der Waals surface area contributed by atoms with Gasteiger partial charge in [0.25, 0.3) is 16.0 Å². The predicted octanol–water partition coefficient (Wildman–Crippen LogP) is 1.01. The Balaban J connectivity index is 2.37. The maximum absolute atomic E-state index is 12.5. The summed E-state index contributed by atoms with van der Waals surface area (Å²) >= 11 is 0. The standard InChI is InChI=1S/C16H16N2O6S/c17-13-8-4-3-6-11(13)10-5-1-2-7-12(10)15(19)18-14(16(20)21)9-25(22,23)24/h1-8,14H,9,17H2,(H,18,19)(H,20,21)(H,22,23,24). The Kier molecular flexibility index (Phi) is 5.40. The first-order valence-electron chi connectivity index (χ1n) is 7.12. The second kappa shape index (κ2) is 7.32. The molecule has 0 radical (unpaired) electrons. The minimum Gasteiger partial charge on any atom is -0.480 e. The van der Waals surface area contributed by atoms with Gasteiger partial charge in [-0.3, -0.25) is 9.35 Å². The number of carboxylic acid groups (broad SMARTS) is 1. The number of amides is 1. The Morgan fingerprint density at radius 2 is 1.60 bits per heavy atom. The van der Waals surface area contributed by atoms with Gasteiger partial charge in [-0.15, -0.1) is 0 Å². The molecule has 2 aromatic rings. The zero-order valence-electron chi connectivity index (χ0n) is 12.9. The fourth-order valence-electron chi connectivity index (χ4n) is 2.28. The number of rotatable bonds is 6. The molecule has 1 amide bonds. The molecule has 25 heavy (non-hydrogen) atoms. The monoisotopic (exact) mass is 364 g/mol. The van der Waals surface area contributed by atoms with E-state index >= 15 is 0 Å². The van der Waals surface area contributed by atoms with Gasteiger partial charge in [-0.2, -0.15) is 8.42 Å². The lowest BCUT2D eigenvalue weighted by atomic mass is 9.97. The van der Waals surface area contributed by atoms with Crippen LogP contribution in [0.2, 0.25) is 0 Å². The molecule has 8 nitrogen and oxygen atoms in total. The highest BCUT2D eigenvalue weighted by molar-refractivity contribution is 7.85. The summed E-state index contributed by atoms with van der Waals surface area (Å²) in [6, 6.07) is 11.4. The van der Waals surface area contributed by atoms with E-state index in [4.69, 9.17) is 15.4 Å². The van der Waals surface area contributed by atoms with Gasteiger partial charge in [0.15, 0.2) is 0 Å². The molecular weight excluding hydrogens is 348 g/mol. The van der Waals surface area contributed by atoms with Gasteiger partial charge in [0, 0.05) is 16.8 Å². The molecule has 0 aromatic heterocycles. The molecule has 0 bridgehead atoms. The van der Waals surface area contributed by atoms with Crippen LogP contribution < -0.4 is 11.1 Å². The van der Waals surface area contributed by atoms with Gasteiger partial charge in [-0.25, -0.2) is 4.79 Å². The number of carboxylic acids is 1. The molecule has 5 N–H and O–H groups in total. The maximum atomic E-state index is 12.5. The SMILES string of the molecule is Nc1ccccc1-c1ccccc1C(=O)NC(CS(=O)(=O)O)C(=O)O. The van der Waals surface area contributed by atoms with Gasteiger partial charge >= 0.3 is 5.97 Å². The van der Waals surface area contributed by atoms with Crippen LogP contribution in [0.3, 0.4) is 0 Å². The number of aliphatic carboxylic acids is 1. The smallest absolute Gasteiger partial charge is 0.327 e. The van der Waals surface area contributed by atoms with Crippen molar-refractivity contribution >= 4 is 27.7 Å². The molecule has 2 rings (SSSR count). The zero-order valence-corrected chi connectivity index (χ0v) is 13.7. The van der Waals surface area contributed by atoms with Crippen LogP contribution >= 0.6 is 0 Å². The summed E-state index contributed by atoms with van der Waals surface area (Å²) in [6.07, 6.45) is 0. The number of hydrogen-bond donors (Lipinski definition) is 4. The highest BCUT2D eigenvalue weighted by atomic mass is 32.2. The normalized spacial score (nSPS) is 12.4. The number of nitrogens with two attached hydrogens (primary N) is 1. The minimum atomic E-state index is -4.58. The van der Waals surface area contributed by atoms with E-state index in [1.54, 1.807) is 42.5 Å². The molecule has 0 aliphatic rings. The van der Waals surface area contributed by atoms with Crippen molar-refractivity contribution < 1.29 is 27.7 Å². The summed E-state index contributed by atoms with van der Waals surface area (Å²) in [5, 5.41) is 11.2. The Hall–Kier alpha value is -2.91. The molecule has 1 unspecified atom stereocenters. The topological polar surface area (TPSA) is 147 Å². The van der Waals surface area contributed by atoms with Gasteiger partial charge in [0.2, 0.25) is 0 Å². The van der Waals surface area contributed by atoms with E-state index in [0.29, 0.717) is 16.8 Å². The lowest BCUT2D eigenvalue weighted by Gasteiger charge is -2.15. The molecule has 132 valence electrons. The predicted molar refractivity (Wildman–Crippen MR) is 91.6 cm³/mol. The molecule has 0 aliphatic carbocycles. The van der Waals surface area contributed by atoms with Crippen LogP contribution in [-0.2, 0) is 14.9 Å². The zero-order chi connectivity index (χ0) is 18.6. The average molecular weight is 364 g/mol. The van der Waals surface area contributed by atoms with E-state index in [9.17, 15) is 18.0 Å². The number of para-hydroxylation sites is 1. The van der Waals surface area contributed by atoms with Crippen LogP contribution in [0.15, 0.2) is 48.5 Å². The molecule has 0 heterocycles. The van der Waals surface area contributed by atoms with Gasteiger partial charge < -0.3 is 16.2 Å². The Bertz CT molecular complexity index is 910. The van der Waals surface area contributed by atoms with Crippen molar-refractivity contribution in [2.75, 3.05) is 11.5 Å². The van der Waals surface area contributed by atoms with Crippen molar-refractivity contribution in [2.24, 2.45) is 0 Å². The number of anilines is 1. The summed E-state index contributed by atoms with van der Waals surface area (Å²) in [6.45, 7) is 0. The molecule has 1 atom stereocenters. The maximum Gasteiger partial charge on any atom is 0.327 e. The lowest BCUT2D eigenvalue weighted by molar-refractivity contribution is -0.138. The number of nitrogen functional groups attached to an aromatic ring is 1. The number of benzene rings is 2. The van der Waals surface area contributed by atoms with E-state index in [2.05, 4.69) is 5.32 Å². The van der Waals surface area contributed by atoms with Crippen LogP contribution in [0.25, 0.3) is 11.1 Å². The number of carbonyl (C=O) groups is 2. The van der Waals surface area contributed by atoms with Crippen LogP contribution in [0.4, 0.5) is 5.69 Å².